The van der Waals surface area contributed by atoms with Crippen LogP contribution in [0.3, 0.4) is 0 Å². The SMILES string of the molecule is O=S(=O)(O)CCCCN1/C(=C/C=C2\CCCC(/C=C/c3[se]c4ccccc4[n+]3CCCCS(=O)(=O)O)=C2c2ccccc2)[Se]c2ccccc21. The van der Waals surface area contributed by atoms with Gasteiger partial charge in [-0.05, 0) is 0 Å². The Morgan fingerprint density at radius 3 is 2.24 bits per heavy atom. The standard InChI is InChI=1S/C38H40N2O6S2Se2/c41-47(42,43)27-10-8-25-39-32-17-4-6-19-34(32)49-36(39)23-21-30-15-12-16-31(38(30)29-13-2-1-3-14-29)22-24-37-40(26-9-11-28-48(44,45)46)33-18-5-7-20-35(33)50-37/h1-7,13-14,17-24H,8-12,15-16,25-28H2,(H-,41,42,43,44,45,46)/p+1. The first kappa shape index (κ1) is 36.7. The third-order valence-corrected chi connectivity index (χ3v) is 15.1. The molecule has 1 aromatic heterocycles. The number of rotatable bonds is 14. The number of benzene rings is 3. The first-order chi connectivity index (χ1) is 24.1. The summed E-state index contributed by atoms with van der Waals surface area (Å²) in [5.74, 6) is -0.452. The normalized spacial score (nSPS) is 17.1. The van der Waals surface area contributed by atoms with Crippen molar-refractivity contribution in [2.24, 2.45) is 0 Å². The second kappa shape index (κ2) is 16.5. The second-order valence-corrected chi connectivity index (χ2v) is 20.0. The van der Waals surface area contributed by atoms with E-state index in [0.717, 1.165) is 19.3 Å². The molecule has 6 rings (SSSR count). The average molecular weight is 844 g/mol. The summed E-state index contributed by atoms with van der Waals surface area (Å²) >= 11 is 0.234. The maximum absolute atomic E-state index is 11.3. The first-order valence-electron chi connectivity index (χ1n) is 16.8. The Kier molecular flexibility index (Phi) is 12.1. The van der Waals surface area contributed by atoms with E-state index >= 15 is 0 Å². The van der Waals surface area contributed by atoms with Gasteiger partial charge in [0.1, 0.15) is 0 Å². The number of hydrogen-bond donors (Lipinski definition) is 2. The van der Waals surface area contributed by atoms with Gasteiger partial charge in [-0.25, -0.2) is 0 Å². The predicted molar refractivity (Wildman–Crippen MR) is 204 cm³/mol. The van der Waals surface area contributed by atoms with Gasteiger partial charge in [0.2, 0.25) is 0 Å². The molecule has 0 fully saturated rings. The molecule has 0 radical (unpaired) electrons. The minimum absolute atomic E-state index is 0.117. The predicted octanol–water partition coefficient (Wildman–Crippen LogP) is 5.79. The fraction of sp³-hybridized carbons (Fsp3) is 0.289. The van der Waals surface area contributed by atoms with Gasteiger partial charge in [0.05, 0.1) is 0 Å². The number of nitrogens with zero attached hydrogens (tertiary/aromatic N) is 2. The molecule has 8 nitrogen and oxygen atoms in total. The monoisotopic (exact) mass is 845 g/mol. The van der Waals surface area contributed by atoms with Gasteiger partial charge in [-0.3, -0.25) is 0 Å². The topological polar surface area (TPSA) is 116 Å². The van der Waals surface area contributed by atoms with Crippen LogP contribution < -0.4 is 13.9 Å². The molecule has 50 heavy (non-hydrogen) atoms. The van der Waals surface area contributed by atoms with E-state index < -0.39 is 20.2 Å². The summed E-state index contributed by atoms with van der Waals surface area (Å²) < 4.78 is 71.0. The zero-order valence-electron chi connectivity index (χ0n) is 27.6. The van der Waals surface area contributed by atoms with Crippen molar-refractivity contribution in [3.63, 3.8) is 0 Å². The van der Waals surface area contributed by atoms with Crippen molar-refractivity contribution >= 4 is 81.3 Å². The van der Waals surface area contributed by atoms with Gasteiger partial charge in [0.15, 0.2) is 0 Å². The quantitative estimate of drug-likeness (QED) is 0.0716. The molecule has 12 heteroatoms. The first-order valence-corrected chi connectivity index (χ1v) is 23.4. The van der Waals surface area contributed by atoms with Crippen LogP contribution >= 0.6 is 0 Å². The van der Waals surface area contributed by atoms with Gasteiger partial charge >= 0.3 is 309 Å². The van der Waals surface area contributed by atoms with Crippen molar-refractivity contribution in [2.75, 3.05) is 23.0 Å². The molecule has 2 heterocycles. The van der Waals surface area contributed by atoms with Crippen LogP contribution in [0.1, 0.15) is 55.1 Å². The van der Waals surface area contributed by atoms with Gasteiger partial charge in [-0.1, -0.05) is 0 Å². The van der Waals surface area contributed by atoms with E-state index in [-0.39, 0.29) is 41.0 Å². The number of allylic oxidation sites excluding steroid dienone is 6. The number of fused-ring (bicyclic) bond motifs is 2. The molecule has 0 bridgehead atoms. The molecule has 0 amide bonds. The molecule has 2 N–H and O–H groups in total. The Morgan fingerprint density at radius 1 is 0.760 bits per heavy atom. The number of aromatic nitrogens is 1. The summed E-state index contributed by atoms with van der Waals surface area (Å²) in [7, 11) is -7.95. The van der Waals surface area contributed by atoms with E-state index in [1.165, 1.54) is 51.4 Å². The molecule has 3 aromatic carbocycles. The fourth-order valence-electron chi connectivity index (χ4n) is 6.50. The van der Waals surface area contributed by atoms with Crippen molar-refractivity contribution in [1.82, 2.24) is 0 Å². The Bertz CT molecular complexity index is 2190. The van der Waals surface area contributed by atoms with Crippen molar-refractivity contribution in [1.29, 1.82) is 0 Å². The Labute approximate surface area is 307 Å². The summed E-state index contributed by atoms with van der Waals surface area (Å²) in [6, 6.07) is 27.4. The van der Waals surface area contributed by atoms with Gasteiger partial charge in [0.25, 0.3) is 0 Å². The van der Waals surface area contributed by atoms with Crippen LogP contribution in [0.4, 0.5) is 5.69 Å². The van der Waals surface area contributed by atoms with Gasteiger partial charge in [-0.15, -0.1) is 0 Å². The summed E-state index contributed by atoms with van der Waals surface area (Å²) in [6.07, 6.45) is 14.2. The molecular weight excluding hydrogens is 802 g/mol. The van der Waals surface area contributed by atoms with Crippen LogP contribution in [-0.4, -0.2) is 73.5 Å². The number of anilines is 1. The van der Waals surface area contributed by atoms with Crippen molar-refractivity contribution in [3.8, 4) is 0 Å². The molecule has 1 aliphatic heterocycles. The van der Waals surface area contributed by atoms with Crippen molar-refractivity contribution in [3.05, 3.63) is 123 Å². The van der Waals surface area contributed by atoms with E-state index in [4.69, 9.17) is 0 Å². The Hall–Kier alpha value is -3.05. The molecule has 0 saturated heterocycles. The van der Waals surface area contributed by atoms with Crippen LogP contribution in [0, 0.1) is 0 Å². The maximum atomic E-state index is 11.3. The van der Waals surface area contributed by atoms with E-state index in [9.17, 15) is 25.9 Å². The molecule has 0 atom stereocenters. The summed E-state index contributed by atoms with van der Waals surface area (Å²) in [6.45, 7) is 1.38. The van der Waals surface area contributed by atoms with Crippen molar-refractivity contribution in [2.45, 2.75) is 51.5 Å². The van der Waals surface area contributed by atoms with Gasteiger partial charge in [0, 0.05) is 0 Å². The summed E-state index contributed by atoms with van der Waals surface area (Å²) in [5.41, 5.74) is 7.38. The molecule has 0 saturated carbocycles. The number of aryl methyl sites for hydroxylation is 1. The molecule has 1 aliphatic carbocycles. The summed E-state index contributed by atoms with van der Waals surface area (Å²) in [4.78, 5) is 2.31. The molecular formula is C38H41N2O6S2Se2+. The molecule has 0 spiro atoms. The second-order valence-electron chi connectivity index (χ2n) is 12.4. The molecule has 4 aromatic rings. The molecule has 2 aliphatic rings. The van der Waals surface area contributed by atoms with Gasteiger partial charge < -0.3 is 0 Å². The van der Waals surface area contributed by atoms with Crippen LogP contribution in [0.25, 0.3) is 21.4 Å². The number of para-hydroxylation sites is 2. The zero-order valence-corrected chi connectivity index (χ0v) is 32.7. The number of unbranched alkanes of at least 4 members (excludes halogenated alkanes) is 2. The Balaban J connectivity index is 1.32. The third-order valence-electron chi connectivity index (χ3n) is 8.79. The van der Waals surface area contributed by atoms with E-state index in [0.29, 0.717) is 38.8 Å². The van der Waals surface area contributed by atoms with E-state index in [1.807, 2.05) is 18.2 Å². The van der Waals surface area contributed by atoms with E-state index in [2.05, 4.69) is 94.4 Å². The summed E-state index contributed by atoms with van der Waals surface area (Å²) in [5, 5.41) is 0. The van der Waals surface area contributed by atoms with E-state index in [1.54, 1.807) is 0 Å². The fourth-order valence-corrected chi connectivity index (χ4v) is 12.2. The van der Waals surface area contributed by atoms with Gasteiger partial charge in [-0.2, -0.15) is 0 Å². The molecule has 0 unspecified atom stereocenters. The number of hydrogen-bond acceptors (Lipinski definition) is 5. The third kappa shape index (κ3) is 9.63. The van der Waals surface area contributed by atoms with Crippen LogP contribution in [0.2, 0.25) is 0 Å². The average Bonchev–Trinajstić information content (AvgIpc) is 3.63. The minimum atomic E-state index is -3.98. The van der Waals surface area contributed by atoms with Crippen LogP contribution in [0.15, 0.2) is 113 Å². The molecule has 262 valence electrons. The van der Waals surface area contributed by atoms with Crippen LogP contribution in [-0.2, 0) is 26.8 Å². The van der Waals surface area contributed by atoms with Crippen molar-refractivity contribution < 1.29 is 30.5 Å². The van der Waals surface area contributed by atoms with Crippen LogP contribution in [0.5, 0.6) is 0 Å². The zero-order chi connectivity index (χ0) is 35.1. The Morgan fingerprint density at radius 2 is 1.46 bits per heavy atom.